The molecule has 0 aromatic heterocycles. The number of nitrogens with zero attached hydrogens (tertiary/aromatic N) is 3. The maximum atomic E-state index is 10.3. The number of ether oxygens (including phenoxy) is 1. The number of aliphatic hydroxyl groups excluding tert-OH is 1. The molecule has 5 nitrogen and oxygen atoms in total. The molecular weight excluding hydrogens is 350 g/mol. The Morgan fingerprint density at radius 3 is 1.82 bits per heavy atom. The van der Waals surface area contributed by atoms with Gasteiger partial charge in [0.15, 0.2) is 0 Å². The highest BCUT2D eigenvalue weighted by molar-refractivity contribution is 5.82. The Bertz CT molecular complexity index is 383. The van der Waals surface area contributed by atoms with E-state index in [9.17, 15) is 5.11 Å². The third-order valence-corrected chi connectivity index (χ3v) is 4.80. The van der Waals surface area contributed by atoms with Crippen molar-refractivity contribution in [2.75, 3.05) is 45.9 Å². The fraction of sp³-hybridized carbons (Fsp3) is 0.913. The van der Waals surface area contributed by atoms with Crippen molar-refractivity contribution in [1.82, 2.24) is 4.90 Å². The van der Waals surface area contributed by atoms with Gasteiger partial charge in [-0.25, -0.2) is 0 Å². The van der Waals surface area contributed by atoms with Crippen LogP contribution in [0.1, 0.15) is 86.0 Å². The number of aliphatic imine (C=N–C) groups is 2. The summed E-state index contributed by atoms with van der Waals surface area (Å²) in [7, 11) is 0. The standard InChI is InChI=1S/C23H47N3O2/c1-6-9-12-21(4)24-14-16-26(17-15-25-22(5)13-10-7-2)19-23(27)20-28-18-11-8-3/h23,27H,6-20H2,1-5H3. The van der Waals surface area contributed by atoms with E-state index in [0.717, 1.165) is 58.5 Å². The molecule has 1 N–H and O–H groups in total. The van der Waals surface area contributed by atoms with Crippen LogP contribution in [0.15, 0.2) is 9.98 Å². The minimum Gasteiger partial charge on any atom is -0.389 e. The average molecular weight is 398 g/mol. The van der Waals surface area contributed by atoms with Crippen LogP contribution in [0.3, 0.4) is 0 Å². The van der Waals surface area contributed by atoms with Gasteiger partial charge in [-0.05, 0) is 46.0 Å². The Kier molecular flexibility index (Phi) is 19.0. The maximum absolute atomic E-state index is 10.3. The van der Waals surface area contributed by atoms with Crippen molar-refractivity contribution in [1.29, 1.82) is 0 Å². The van der Waals surface area contributed by atoms with Crippen LogP contribution < -0.4 is 0 Å². The highest BCUT2D eigenvalue weighted by Gasteiger charge is 2.12. The van der Waals surface area contributed by atoms with Crippen molar-refractivity contribution < 1.29 is 9.84 Å². The quantitative estimate of drug-likeness (QED) is 0.252. The molecule has 1 atom stereocenters. The fourth-order valence-electron chi connectivity index (χ4n) is 2.90. The molecule has 0 heterocycles. The average Bonchev–Trinajstić information content (AvgIpc) is 2.67. The van der Waals surface area contributed by atoms with Crippen LogP contribution in [0.5, 0.6) is 0 Å². The zero-order chi connectivity index (χ0) is 21.0. The zero-order valence-corrected chi connectivity index (χ0v) is 19.4. The maximum Gasteiger partial charge on any atom is 0.0900 e. The van der Waals surface area contributed by atoms with Crippen LogP contribution in [0.2, 0.25) is 0 Å². The lowest BCUT2D eigenvalue weighted by Crippen LogP contribution is -2.38. The van der Waals surface area contributed by atoms with Gasteiger partial charge in [0.25, 0.3) is 0 Å². The molecule has 166 valence electrons. The van der Waals surface area contributed by atoms with Gasteiger partial charge in [-0.2, -0.15) is 0 Å². The third-order valence-electron chi connectivity index (χ3n) is 4.80. The molecule has 0 aromatic rings. The highest BCUT2D eigenvalue weighted by atomic mass is 16.5. The van der Waals surface area contributed by atoms with Crippen LogP contribution in [0.4, 0.5) is 0 Å². The zero-order valence-electron chi connectivity index (χ0n) is 19.4. The first-order valence-electron chi connectivity index (χ1n) is 11.5. The monoisotopic (exact) mass is 397 g/mol. The van der Waals surface area contributed by atoms with E-state index >= 15 is 0 Å². The van der Waals surface area contributed by atoms with Gasteiger partial charge in [-0.1, -0.05) is 40.0 Å². The molecule has 0 rings (SSSR count). The summed E-state index contributed by atoms with van der Waals surface area (Å²) in [5, 5.41) is 10.3. The molecule has 0 radical (unpaired) electrons. The lowest BCUT2D eigenvalue weighted by molar-refractivity contribution is 0.0168. The topological polar surface area (TPSA) is 57.4 Å². The Balaban J connectivity index is 4.46. The molecule has 0 amide bonds. The second-order valence-electron chi connectivity index (χ2n) is 7.82. The van der Waals surface area contributed by atoms with Crippen molar-refractivity contribution in [2.24, 2.45) is 9.98 Å². The summed E-state index contributed by atoms with van der Waals surface area (Å²) < 4.78 is 5.58. The predicted octanol–water partition coefficient (Wildman–Crippen LogP) is 4.77. The van der Waals surface area contributed by atoms with Crippen LogP contribution in [-0.2, 0) is 4.74 Å². The highest BCUT2D eigenvalue weighted by Crippen LogP contribution is 2.01. The normalized spacial score (nSPS) is 14.1. The molecule has 5 heteroatoms. The largest absolute Gasteiger partial charge is 0.389 e. The number of rotatable bonds is 19. The molecule has 1 unspecified atom stereocenters. The van der Waals surface area contributed by atoms with E-state index in [4.69, 9.17) is 14.7 Å². The molecule has 0 aliphatic heterocycles. The second kappa shape index (κ2) is 19.5. The van der Waals surface area contributed by atoms with Crippen LogP contribution in [0.25, 0.3) is 0 Å². The van der Waals surface area contributed by atoms with E-state index in [1.165, 1.54) is 37.1 Å². The molecule has 28 heavy (non-hydrogen) atoms. The summed E-state index contributed by atoms with van der Waals surface area (Å²) in [5.41, 5.74) is 2.47. The number of hydrogen-bond acceptors (Lipinski definition) is 5. The first kappa shape index (κ1) is 27.2. The van der Waals surface area contributed by atoms with Crippen molar-refractivity contribution in [3.8, 4) is 0 Å². The van der Waals surface area contributed by atoms with E-state index in [1.54, 1.807) is 0 Å². The summed E-state index contributed by atoms with van der Waals surface area (Å²) in [4.78, 5) is 11.7. The van der Waals surface area contributed by atoms with E-state index in [2.05, 4.69) is 39.5 Å². The Hall–Kier alpha value is -0.780. The lowest BCUT2D eigenvalue weighted by atomic mass is 10.2. The van der Waals surface area contributed by atoms with Gasteiger partial charge in [0, 0.05) is 37.7 Å². The smallest absolute Gasteiger partial charge is 0.0900 e. The Morgan fingerprint density at radius 1 is 0.857 bits per heavy atom. The molecule has 0 spiro atoms. The van der Waals surface area contributed by atoms with Gasteiger partial charge in [0.2, 0.25) is 0 Å². The molecule has 0 aliphatic rings. The molecule has 0 saturated heterocycles. The van der Waals surface area contributed by atoms with Gasteiger partial charge in [-0.3, -0.25) is 14.9 Å². The van der Waals surface area contributed by atoms with Crippen molar-refractivity contribution in [3.05, 3.63) is 0 Å². The first-order valence-corrected chi connectivity index (χ1v) is 11.5. The molecule has 0 saturated carbocycles. The van der Waals surface area contributed by atoms with Crippen LogP contribution in [0, 0.1) is 0 Å². The van der Waals surface area contributed by atoms with E-state index in [1.807, 2.05) is 0 Å². The molecule has 0 fully saturated rings. The van der Waals surface area contributed by atoms with E-state index in [0.29, 0.717) is 13.2 Å². The predicted molar refractivity (Wildman–Crippen MR) is 123 cm³/mol. The van der Waals surface area contributed by atoms with Gasteiger partial charge in [-0.15, -0.1) is 0 Å². The summed E-state index contributed by atoms with van der Waals surface area (Å²) in [6.45, 7) is 15.9. The van der Waals surface area contributed by atoms with E-state index in [-0.39, 0.29) is 0 Å². The van der Waals surface area contributed by atoms with Crippen molar-refractivity contribution in [3.63, 3.8) is 0 Å². The summed E-state index contributed by atoms with van der Waals surface area (Å²) in [6, 6.07) is 0. The molecule has 0 aromatic carbocycles. The van der Waals surface area contributed by atoms with Crippen LogP contribution in [-0.4, -0.2) is 73.5 Å². The molecule has 0 bridgehead atoms. The minimum absolute atomic E-state index is 0.411. The second-order valence-corrected chi connectivity index (χ2v) is 7.82. The third kappa shape index (κ3) is 17.3. The lowest BCUT2D eigenvalue weighted by Gasteiger charge is -2.24. The van der Waals surface area contributed by atoms with Crippen molar-refractivity contribution in [2.45, 2.75) is 92.1 Å². The molecule has 0 aliphatic carbocycles. The number of hydrogen-bond donors (Lipinski definition) is 1. The van der Waals surface area contributed by atoms with Gasteiger partial charge in [0.1, 0.15) is 0 Å². The van der Waals surface area contributed by atoms with Gasteiger partial charge < -0.3 is 9.84 Å². The Morgan fingerprint density at radius 2 is 1.36 bits per heavy atom. The van der Waals surface area contributed by atoms with Gasteiger partial charge >= 0.3 is 0 Å². The minimum atomic E-state index is -0.452. The number of unbranched alkanes of at least 4 members (excludes halogenated alkanes) is 3. The summed E-state index contributed by atoms with van der Waals surface area (Å²) >= 11 is 0. The van der Waals surface area contributed by atoms with E-state index < -0.39 is 6.10 Å². The van der Waals surface area contributed by atoms with Crippen LogP contribution >= 0.6 is 0 Å². The number of aliphatic hydroxyl groups is 1. The summed E-state index contributed by atoms with van der Waals surface area (Å²) in [5.74, 6) is 0. The van der Waals surface area contributed by atoms with Crippen molar-refractivity contribution >= 4 is 11.4 Å². The first-order chi connectivity index (χ1) is 13.5. The Labute approximate surface area is 174 Å². The summed E-state index contributed by atoms with van der Waals surface area (Å²) in [6.07, 6.45) is 8.72. The van der Waals surface area contributed by atoms with Gasteiger partial charge in [0.05, 0.1) is 25.8 Å². The fourth-order valence-corrected chi connectivity index (χ4v) is 2.90. The molecular formula is C23H47N3O2. The SMILES string of the molecule is CCCCOCC(O)CN(CCN=C(C)CCCC)CCN=C(C)CCCC.